The molecule has 0 aromatic carbocycles. The lowest BCUT2D eigenvalue weighted by Gasteiger charge is -2.41. The van der Waals surface area contributed by atoms with Gasteiger partial charge in [-0.2, -0.15) is 5.06 Å². The van der Waals surface area contributed by atoms with Crippen LogP contribution in [-0.4, -0.2) is 21.3 Å². The van der Waals surface area contributed by atoms with E-state index in [4.69, 9.17) is 0 Å². The fraction of sp³-hybridized carbons (Fsp3) is 1.00. The predicted molar refractivity (Wildman–Crippen MR) is 47.7 cm³/mol. The van der Waals surface area contributed by atoms with E-state index in [9.17, 15) is 5.21 Å². The van der Waals surface area contributed by atoms with Crippen LogP contribution in [0.1, 0.15) is 48.0 Å². The lowest BCUT2D eigenvalue weighted by Crippen LogP contribution is -2.51. The van der Waals surface area contributed by atoms with E-state index in [1.165, 1.54) is 5.06 Å². The molecule has 0 radical (unpaired) electrons. The van der Waals surface area contributed by atoms with E-state index in [-0.39, 0.29) is 11.1 Å². The molecule has 11 heavy (non-hydrogen) atoms. The zero-order valence-corrected chi connectivity index (χ0v) is 8.60. The van der Waals surface area contributed by atoms with Gasteiger partial charge < -0.3 is 5.21 Å². The maximum Gasteiger partial charge on any atom is 0.0407 e. The normalized spacial score (nSPS) is 14.2. The second-order valence-corrected chi connectivity index (χ2v) is 4.65. The predicted octanol–water partition coefficient (Wildman–Crippen LogP) is 2.66. The Balaban J connectivity index is 4.35. The van der Waals surface area contributed by atoms with E-state index in [2.05, 4.69) is 6.92 Å². The molecule has 0 heterocycles. The highest BCUT2D eigenvalue weighted by atomic mass is 16.5. The van der Waals surface area contributed by atoms with Crippen molar-refractivity contribution in [2.45, 2.75) is 59.0 Å². The smallest absolute Gasteiger partial charge is 0.0407 e. The molecule has 0 aromatic rings. The van der Waals surface area contributed by atoms with Gasteiger partial charge in [-0.25, -0.2) is 0 Å². The third-order valence-corrected chi connectivity index (χ3v) is 2.07. The van der Waals surface area contributed by atoms with Crippen LogP contribution >= 0.6 is 0 Å². The molecule has 2 nitrogen and oxygen atoms in total. The molecule has 0 bridgehead atoms. The van der Waals surface area contributed by atoms with Gasteiger partial charge in [0.25, 0.3) is 0 Å². The molecular formula is C9H21NO. The number of nitrogens with zero attached hydrogens (tertiary/aromatic N) is 1. The minimum Gasteiger partial charge on any atom is -0.313 e. The molecule has 0 aliphatic heterocycles. The lowest BCUT2D eigenvalue weighted by atomic mass is 9.95. The number of rotatable bonds is 2. The van der Waals surface area contributed by atoms with E-state index in [0.29, 0.717) is 0 Å². The summed E-state index contributed by atoms with van der Waals surface area (Å²) in [6.07, 6.45) is 0.945. The van der Waals surface area contributed by atoms with Gasteiger partial charge in [0.15, 0.2) is 0 Å². The Labute approximate surface area is 70.2 Å². The zero-order chi connectivity index (χ0) is 9.28. The van der Waals surface area contributed by atoms with Crippen LogP contribution in [0.2, 0.25) is 0 Å². The third kappa shape index (κ3) is 2.80. The highest BCUT2D eigenvalue weighted by Crippen LogP contribution is 2.24. The van der Waals surface area contributed by atoms with E-state index in [1.54, 1.807) is 0 Å². The molecule has 0 saturated heterocycles. The van der Waals surface area contributed by atoms with Gasteiger partial charge in [0.05, 0.1) is 0 Å². The highest BCUT2D eigenvalue weighted by molar-refractivity contribution is 4.82. The van der Waals surface area contributed by atoms with Gasteiger partial charge in [-0.1, -0.05) is 6.92 Å². The third-order valence-electron chi connectivity index (χ3n) is 2.07. The first-order chi connectivity index (χ1) is 4.72. The minimum atomic E-state index is -0.167. The van der Waals surface area contributed by atoms with Crippen LogP contribution in [-0.2, 0) is 0 Å². The van der Waals surface area contributed by atoms with Gasteiger partial charge in [0, 0.05) is 11.1 Å². The summed E-state index contributed by atoms with van der Waals surface area (Å²) >= 11 is 0. The van der Waals surface area contributed by atoms with Crippen molar-refractivity contribution < 1.29 is 5.21 Å². The van der Waals surface area contributed by atoms with Crippen LogP contribution in [0.4, 0.5) is 0 Å². The monoisotopic (exact) mass is 159 g/mol. The Morgan fingerprint density at radius 1 is 1.09 bits per heavy atom. The van der Waals surface area contributed by atoms with Crippen LogP contribution in [0.25, 0.3) is 0 Å². The van der Waals surface area contributed by atoms with E-state index >= 15 is 0 Å². The second-order valence-electron chi connectivity index (χ2n) is 4.65. The van der Waals surface area contributed by atoms with Crippen molar-refractivity contribution in [3.8, 4) is 0 Å². The van der Waals surface area contributed by atoms with Gasteiger partial charge in [-0.15, -0.1) is 0 Å². The summed E-state index contributed by atoms with van der Waals surface area (Å²) in [7, 11) is 0. The van der Waals surface area contributed by atoms with Crippen molar-refractivity contribution in [1.82, 2.24) is 5.06 Å². The summed E-state index contributed by atoms with van der Waals surface area (Å²) in [6.45, 7) is 12.2. The Morgan fingerprint density at radius 2 is 1.45 bits per heavy atom. The Hall–Kier alpha value is -0.0800. The number of hydrogen-bond donors (Lipinski definition) is 1. The summed E-state index contributed by atoms with van der Waals surface area (Å²) < 4.78 is 0. The molecular weight excluding hydrogens is 138 g/mol. The summed E-state index contributed by atoms with van der Waals surface area (Å²) in [5, 5.41) is 11.2. The highest BCUT2D eigenvalue weighted by Gasteiger charge is 2.32. The Kier molecular flexibility index (Phi) is 3.09. The molecule has 0 unspecified atom stereocenters. The molecule has 0 atom stereocenters. The molecule has 0 rings (SSSR count). The average Bonchev–Trinajstić information content (AvgIpc) is 1.84. The molecule has 0 saturated carbocycles. The molecule has 0 fully saturated rings. The van der Waals surface area contributed by atoms with Gasteiger partial charge in [0.1, 0.15) is 0 Å². The van der Waals surface area contributed by atoms with Crippen molar-refractivity contribution in [3.05, 3.63) is 0 Å². The molecule has 0 aromatic heterocycles. The van der Waals surface area contributed by atoms with Crippen LogP contribution in [0, 0.1) is 0 Å². The molecule has 0 spiro atoms. The maximum absolute atomic E-state index is 9.75. The van der Waals surface area contributed by atoms with E-state index in [1.807, 2.05) is 34.6 Å². The molecule has 0 aliphatic rings. The van der Waals surface area contributed by atoms with Gasteiger partial charge in [-0.05, 0) is 41.0 Å². The lowest BCUT2D eigenvalue weighted by molar-refractivity contribution is -0.218. The van der Waals surface area contributed by atoms with Gasteiger partial charge in [-0.3, -0.25) is 0 Å². The van der Waals surface area contributed by atoms with Crippen molar-refractivity contribution in [3.63, 3.8) is 0 Å². The van der Waals surface area contributed by atoms with Gasteiger partial charge in [0.2, 0.25) is 0 Å². The number of hydroxylamine groups is 2. The summed E-state index contributed by atoms with van der Waals surface area (Å²) in [5.74, 6) is 0. The van der Waals surface area contributed by atoms with Crippen LogP contribution in [0.15, 0.2) is 0 Å². The molecule has 0 amide bonds. The quantitative estimate of drug-likeness (QED) is 0.626. The van der Waals surface area contributed by atoms with Gasteiger partial charge >= 0.3 is 0 Å². The van der Waals surface area contributed by atoms with Crippen LogP contribution < -0.4 is 0 Å². The van der Waals surface area contributed by atoms with Crippen LogP contribution in [0.3, 0.4) is 0 Å². The average molecular weight is 159 g/mol. The Bertz CT molecular complexity index is 124. The summed E-state index contributed by atoms with van der Waals surface area (Å²) in [5.41, 5.74) is -0.294. The maximum atomic E-state index is 9.75. The molecule has 1 N–H and O–H groups in total. The summed E-state index contributed by atoms with van der Waals surface area (Å²) in [4.78, 5) is 0. The SMILES string of the molecule is CCC(C)(C)N(O)C(C)(C)C. The number of hydrogen-bond acceptors (Lipinski definition) is 2. The molecule has 0 aliphatic carbocycles. The largest absolute Gasteiger partial charge is 0.313 e. The fourth-order valence-corrected chi connectivity index (χ4v) is 1.06. The van der Waals surface area contributed by atoms with E-state index in [0.717, 1.165) is 6.42 Å². The topological polar surface area (TPSA) is 23.5 Å². The Morgan fingerprint density at radius 3 is 1.55 bits per heavy atom. The van der Waals surface area contributed by atoms with Crippen molar-refractivity contribution >= 4 is 0 Å². The molecule has 68 valence electrons. The molecule has 2 heteroatoms. The minimum absolute atomic E-state index is 0.127. The standard InChI is InChI=1S/C9H21NO/c1-7-9(5,6)10(11)8(2,3)4/h11H,7H2,1-6H3. The van der Waals surface area contributed by atoms with Crippen LogP contribution in [0.5, 0.6) is 0 Å². The van der Waals surface area contributed by atoms with E-state index < -0.39 is 0 Å². The van der Waals surface area contributed by atoms with Crippen molar-refractivity contribution in [2.24, 2.45) is 0 Å². The first kappa shape index (κ1) is 10.9. The summed E-state index contributed by atoms with van der Waals surface area (Å²) in [6, 6.07) is 0. The zero-order valence-electron chi connectivity index (χ0n) is 8.60. The first-order valence-electron chi connectivity index (χ1n) is 4.21. The fourth-order valence-electron chi connectivity index (χ4n) is 1.06. The second kappa shape index (κ2) is 3.11. The first-order valence-corrected chi connectivity index (χ1v) is 4.21. The van der Waals surface area contributed by atoms with Crippen molar-refractivity contribution in [1.29, 1.82) is 0 Å². The van der Waals surface area contributed by atoms with Crippen molar-refractivity contribution in [2.75, 3.05) is 0 Å².